The summed E-state index contributed by atoms with van der Waals surface area (Å²) in [6.45, 7) is 0. The third-order valence-corrected chi connectivity index (χ3v) is 2.24. The first kappa shape index (κ1) is 7.03. The van der Waals surface area contributed by atoms with Gasteiger partial charge in [-0.25, -0.2) is 0 Å². The molecule has 1 rings (SSSR count). The summed E-state index contributed by atoms with van der Waals surface area (Å²) in [7, 11) is 3.87. The summed E-state index contributed by atoms with van der Waals surface area (Å²) in [4.78, 5) is 1.92. The summed E-state index contributed by atoms with van der Waals surface area (Å²) < 4.78 is 0. The SMILES string of the molecule is CN(C)C1(O)CCCC1. The van der Waals surface area contributed by atoms with Gasteiger partial charge >= 0.3 is 0 Å². The van der Waals surface area contributed by atoms with Crippen LogP contribution < -0.4 is 0 Å². The molecular formula is C7H15NO. The molecule has 0 aromatic carbocycles. The summed E-state index contributed by atoms with van der Waals surface area (Å²) in [5.74, 6) is 0. The van der Waals surface area contributed by atoms with E-state index in [1.807, 2.05) is 19.0 Å². The Morgan fingerprint density at radius 2 is 1.67 bits per heavy atom. The number of hydrogen-bond acceptors (Lipinski definition) is 2. The molecule has 2 heteroatoms. The maximum Gasteiger partial charge on any atom is 0.118 e. The molecule has 1 saturated carbocycles. The summed E-state index contributed by atoms with van der Waals surface area (Å²) in [6, 6.07) is 0. The van der Waals surface area contributed by atoms with Crippen molar-refractivity contribution in [3.05, 3.63) is 0 Å². The second-order valence-corrected chi connectivity index (χ2v) is 3.08. The van der Waals surface area contributed by atoms with Crippen molar-refractivity contribution < 1.29 is 5.11 Å². The van der Waals surface area contributed by atoms with Gasteiger partial charge in [-0.1, -0.05) is 0 Å². The Labute approximate surface area is 56.5 Å². The molecule has 0 radical (unpaired) electrons. The van der Waals surface area contributed by atoms with Crippen molar-refractivity contribution in [3.8, 4) is 0 Å². The highest BCUT2D eigenvalue weighted by molar-refractivity contribution is 4.80. The van der Waals surface area contributed by atoms with Crippen LogP contribution in [0, 0.1) is 0 Å². The van der Waals surface area contributed by atoms with E-state index in [4.69, 9.17) is 0 Å². The van der Waals surface area contributed by atoms with Gasteiger partial charge < -0.3 is 5.11 Å². The first-order valence-corrected chi connectivity index (χ1v) is 3.55. The highest BCUT2D eigenvalue weighted by Crippen LogP contribution is 2.30. The molecule has 0 aromatic rings. The normalized spacial score (nSPS) is 25.3. The van der Waals surface area contributed by atoms with Gasteiger partial charge in [0.25, 0.3) is 0 Å². The fourth-order valence-electron chi connectivity index (χ4n) is 1.39. The molecule has 0 aliphatic heterocycles. The number of hydrogen-bond donors (Lipinski definition) is 1. The average molecular weight is 129 g/mol. The summed E-state index contributed by atoms with van der Waals surface area (Å²) in [5, 5.41) is 9.69. The number of rotatable bonds is 1. The van der Waals surface area contributed by atoms with Crippen molar-refractivity contribution in [1.29, 1.82) is 0 Å². The molecule has 0 atom stereocenters. The van der Waals surface area contributed by atoms with Crippen molar-refractivity contribution in [2.75, 3.05) is 14.1 Å². The van der Waals surface area contributed by atoms with Gasteiger partial charge in [0.2, 0.25) is 0 Å². The van der Waals surface area contributed by atoms with Crippen LogP contribution in [0.25, 0.3) is 0 Å². The van der Waals surface area contributed by atoms with Crippen LogP contribution >= 0.6 is 0 Å². The topological polar surface area (TPSA) is 23.5 Å². The minimum absolute atomic E-state index is 0.472. The number of nitrogens with zero attached hydrogens (tertiary/aromatic N) is 1. The zero-order valence-electron chi connectivity index (χ0n) is 6.22. The van der Waals surface area contributed by atoms with Gasteiger partial charge in [0.15, 0.2) is 0 Å². The molecule has 1 fully saturated rings. The molecular weight excluding hydrogens is 114 g/mol. The molecule has 9 heavy (non-hydrogen) atoms. The first-order valence-electron chi connectivity index (χ1n) is 3.55. The fourth-order valence-corrected chi connectivity index (χ4v) is 1.39. The van der Waals surface area contributed by atoms with E-state index in [1.54, 1.807) is 0 Å². The highest BCUT2D eigenvalue weighted by atomic mass is 16.3. The molecule has 1 aliphatic rings. The van der Waals surface area contributed by atoms with Crippen LogP contribution in [0.2, 0.25) is 0 Å². The van der Waals surface area contributed by atoms with E-state index >= 15 is 0 Å². The van der Waals surface area contributed by atoms with Gasteiger partial charge in [0.1, 0.15) is 5.72 Å². The van der Waals surface area contributed by atoms with Crippen molar-refractivity contribution in [2.45, 2.75) is 31.4 Å². The number of aliphatic hydroxyl groups is 1. The van der Waals surface area contributed by atoms with E-state index < -0.39 is 5.72 Å². The summed E-state index contributed by atoms with van der Waals surface area (Å²) in [6.07, 6.45) is 4.24. The van der Waals surface area contributed by atoms with E-state index in [0.29, 0.717) is 0 Å². The minimum Gasteiger partial charge on any atom is -0.376 e. The second kappa shape index (κ2) is 2.27. The molecule has 1 N–H and O–H groups in total. The van der Waals surface area contributed by atoms with Crippen LogP contribution in [0.5, 0.6) is 0 Å². The Morgan fingerprint density at radius 1 is 1.22 bits per heavy atom. The van der Waals surface area contributed by atoms with Gasteiger partial charge in [-0.2, -0.15) is 0 Å². The van der Waals surface area contributed by atoms with Gasteiger partial charge in [0, 0.05) is 0 Å². The van der Waals surface area contributed by atoms with Gasteiger partial charge in [-0.05, 0) is 39.8 Å². The standard InChI is InChI=1S/C7H15NO/c1-8(2)7(9)5-3-4-6-7/h9H,3-6H2,1-2H3. The first-order chi connectivity index (χ1) is 4.15. The van der Waals surface area contributed by atoms with E-state index in [1.165, 1.54) is 12.8 Å². The van der Waals surface area contributed by atoms with Crippen LogP contribution in [-0.4, -0.2) is 29.8 Å². The Balaban J connectivity index is 2.51. The molecule has 0 amide bonds. The Bertz CT molecular complexity index is 95.1. The van der Waals surface area contributed by atoms with Crippen LogP contribution in [0.4, 0.5) is 0 Å². The van der Waals surface area contributed by atoms with Gasteiger partial charge in [-0.15, -0.1) is 0 Å². The smallest absolute Gasteiger partial charge is 0.118 e. The molecule has 0 aromatic heterocycles. The summed E-state index contributed by atoms with van der Waals surface area (Å²) in [5.41, 5.74) is -0.472. The fraction of sp³-hybridized carbons (Fsp3) is 1.00. The highest BCUT2D eigenvalue weighted by Gasteiger charge is 2.32. The lowest BCUT2D eigenvalue weighted by Gasteiger charge is -2.29. The van der Waals surface area contributed by atoms with Gasteiger partial charge in [-0.3, -0.25) is 4.90 Å². The zero-order chi connectivity index (χ0) is 6.91. The maximum atomic E-state index is 9.69. The van der Waals surface area contributed by atoms with E-state index in [-0.39, 0.29) is 0 Å². The Kier molecular flexibility index (Phi) is 1.78. The van der Waals surface area contributed by atoms with Crippen molar-refractivity contribution in [2.24, 2.45) is 0 Å². The van der Waals surface area contributed by atoms with Crippen LogP contribution in [0.3, 0.4) is 0 Å². The Hall–Kier alpha value is -0.0800. The van der Waals surface area contributed by atoms with Crippen LogP contribution in [-0.2, 0) is 0 Å². The summed E-state index contributed by atoms with van der Waals surface area (Å²) >= 11 is 0. The predicted molar refractivity (Wildman–Crippen MR) is 37.1 cm³/mol. The van der Waals surface area contributed by atoms with E-state index in [9.17, 15) is 5.11 Å². The molecule has 0 unspecified atom stereocenters. The Morgan fingerprint density at radius 3 is 1.89 bits per heavy atom. The molecule has 54 valence electrons. The van der Waals surface area contributed by atoms with E-state index in [0.717, 1.165) is 12.8 Å². The predicted octanol–water partition coefficient (Wildman–Crippen LogP) is 0.811. The lowest BCUT2D eigenvalue weighted by Crippen LogP contribution is -2.41. The largest absolute Gasteiger partial charge is 0.376 e. The maximum absolute atomic E-state index is 9.69. The minimum atomic E-state index is -0.472. The monoisotopic (exact) mass is 129 g/mol. The molecule has 0 bridgehead atoms. The lowest BCUT2D eigenvalue weighted by molar-refractivity contribution is -0.0753. The average Bonchev–Trinajstić information content (AvgIpc) is 2.16. The van der Waals surface area contributed by atoms with Gasteiger partial charge in [0.05, 0.1) is 0 Å². The lowest BCUT2D eigenvalue weighted by atomic mass is 10.2. The van der Waals surface area contributed by atoms with Crippen LogP contribution in [0.15, 0.2) is 0 Å². The van der Waals surface area contributed by atoms with E-state index in [2.05, 4.69) is 0 Å². The molecule has 1 aliphatic carbocycles. The molecule has 0 saturated heterocycles. The van der Waals surface area contributed by atoms with Crippen molar-refractivity contribution in [1.82, 2.24) is 4.90 Å². The quantitative estimate of drug-likeness (QED) is 0.530. The third kappa shape index (κ3) is 1.25. The van der Waals surface area contributed by atoms with Crippen LogP contribution in [0.1, 0.15) is 25.7 Å². The zero-order valence-corrected chi connectivity index (χ0v) is 6.22. The third-order valence-electron chi connectivity index (χ3n) is 2.24. The molecule has 2 nitrogen and oxygen atoms in total. The molecule has 0 spiro atoms. The van der Waals surface area contributed by atoms with Crippen molar-refractivity contribution >= 4 is 0 Å². The molecule has 0 heterocycles. The van der Waals surface area contributed by atoms with Crippen molar-refractivity contribution in [3.63, 3.8) is 0 Å². The second-order valence-electron chi connectivity index (χ2n) is 3.08.